The second kappa shape index (κ2) is 7.88. The number of Topliss-reactive ketones (excluding diaryl/α,β-unsaturated/α-hetero) is 2. The van der Waals surface area contributed by atoms with E-state index in [0.29, 0.717) is 6.42 Å². The summed E-state index contributed by atoms with van der Waals surface area (Å²) in [6, 6.07) is 18.3. The van der Waals surface area contributed by atoms with Crippen LogP contribution in [0.2, 0.25) is 0 Å². The first-order valence-corrected chi connectivity index (χ1v) is 6.99. The number of ketones is 2. The SMILES string of the molecule is O=C(CCc1ccccc1)C(=O)C(=O)OCc1ccccc1. The number of hydrogen-bond donors (Lipinski definition) is 0. The molecule has 0 atom stereocenters. The molecule has 0 heterocycles. The number of carbonyl (C=O) groups is 3. The van der Waals surface area contributed by atoms with Gasteiger partial charge in [-0.2, -0.15) is 0 Å². The zero-order chi connectivity index (χ0) is 15.8. The molecular weight excluding hydrogens is 280 g/mol. The lowest BCUT2D eigenvalue weighted by atomic mass is 10.1. The standard InChI is InChI=1S/C18H16O4/c19-16(12-11-14-7-3-1-4-8-14)17(20)18(21)22-13-15-9-5-2-6-10-15/h1-10H,11-13H2. The minimum absolute atomic E-state index is 0.00326. The minimum atomic E-state index is -1.10. The van der Waals surface area contributed by atoms with E-state index in [1.54, 1.807) is 24.3 Å². The molecule has 0 saturated carbocycles. The minimum Gasteiger partial charge on any atom is -0.455 e. The Bertz CT molecular complexity index is 590. The Balaban J connectivity index is 1.80. The van der Waals surface area contributed by atoms with Crippen LogP contribution in [-0.2, 0) is 32.1 Å². The average molecular weight is 296 g/mol. The van der Waals surface area contributed by atoms with Gasteiger partial charge >= 0.3 is 11.8 Å². The summed E-state index contributed by atoms with van der Waals surface area (Å²) in [7, 11) is 0. The molecule has 22 heavy (non-hydrogen) atoms. The van der Waals surface area contributed by atoms with Crippen LogP contribution in [-0.4, -0.2) is 17.5 Å². The van der Waals surface area contributed by atoms with Crippen molar-refractivity contribution in [2.24, 2.45) is 0 Å². The molecule has 0 saturated heterocycles. The fraction of sp³-hybridized carbons (Fsp3) is 0.167. The van der Waals surface area contributed by atoms with Crippen LogP contribution < -0.4 is 0 Å². The average Bonchev–Trinajstić information content (AvgIpc) is 2.58. The molecule has 2 aromatic rings. The summed E-state index contributed by atoms with van der Waals surface area (Å²) in [6.07, 6.45) is 0.431. The van der Waals surface area contributed by atoms with Crippen LogP contribution in [0.4, 0.5) is 0 Å². The molecular formula is C18H16O4. The second-order valence-corrected chi connectivity index (χ2v) is 4.80. The summed E-state index contributed by atoms with van der Waals surface area (Å²) in [6.45, 7) is -0.0165. The van der Waals surface area contributed by atoms with Crippen LogP contribution in [0.25, 0.3) is 0 Å². The third-order valence-corrected chi connectivity index (χ3v) is 3.13. The topological polar surface area (TPSA) is 60.4 Å². The van der Waals surface area contributed by atoms with Gasteiger partial charge in [-0.3, -0.25) is 9.59 Å². The number of benzene rings is 2. The molecule has 0 radical (unpaired) electrons. The maximum Gasteiger partial charge on any atom is 0.383 e. The monoisotopic (exact) mass is 296 g/mol. The maximum atomic E-state index is 11.7. The lowest BCUT2D eigenvalue weighted by Gasteiger charge is -2.04. The normalized spacial score (nSPS) is 10.0. The summed E-state index contributed by atoms with van der Waals surface area (Å²) < 4.78 is 4.85. The molecule has 0 aliphatic rings. The van der Waals surface area contributed by atoms with Gasteiger partial charge in [0.1, 0.15) is 6.61 Å². The molecule has 0 aromatic heterocycles. The van der Waals surface area contributed by atoms with Crippen molar-refractivity contribution in [2.45, 2.75) is 19.4 Å². The number of carbonyl (C=O) groups excluding carboxylic acids is 3. The molecule has 0 bridgehead atoms. The van der Waals surface area contributed by atoms with Crippen molar-refractivity contribution in [3.8, 4) is 0 Å². The van der Waals surface area contributed by atoms with Crippen molar-refractivity contribution in [3.05, 3.63) is 71.8 Å². The van der Waals surface area contributed by atoms with Gasteiger partial charge in [0.25, 0.3) is 0 Å². The number of aryl methyl sites for hydroxylation is 1. The summed E-state index contributed by atoms with van der Waals surface area (Å²) in [4.78, 5) is 35.0. The number of esters is 1. The van der Waals surface area contributed by atoms with Crippen molar-refractivity contribution in [2.75, 3.05) is 0 Å². The van der Waals surface area contributed by atoms with Gasteiger partial charge in [-0.05, 0) is 17.5 Å². The van der Waals surface area contributed by atoms with Crippen molar-refractivity contribution in [3.63, 3.8) is 0 Å². The molecule has 0 amide bonds. The Morgan fingerprint density at radius 1 is 0.773 bits per heavy atom. The Morgan fingerprint density at radius 3 is 1.91 bits per heavy atom. The van der Waals surface area contributed by atoms with E-state index in [2.05, 4.69) is 0 Å². The van der Waals surface area contributed by atoms with Crippen LogP contribution in [0.5, 0.6) is 0 Å². The van der Waals surface area contributed by atoms with Crippen LogP contribution >= 0.6 is 0 Å². The highest BCUT2D eigenvalue weighted by molar-refractivity contribution is 6.62. The second-order valence-electron chi connectivity index (χ2n) is 4.80. The quantitative estimate of drug-likeness (QED) is 0.447. The number of hydrogen-bond acceptors (Lipinski definition) is 4. The van der Waals surface area contributed by atoms with Crippen LogP contribution in [0.15, 0.2) is 60.7 Å². The Morgan fingerprint density at radius 2 is 1.32 bits per heavy atom. The molecule has 2 rings (SSSR count). The largest absolute Gasteiger partial charge is 0.455 e. The van der Waals surface area contributed by atoms with Gasteiger partial charge < -0.3 is 4.74 Å². The molecule has 0 aliphatic carbocycles. The van der Waals surface area contributed by atoms with Gasteiger partial charge in [0.2, 0.25) is 5.78 Å². The predicted molar refractivity (Wildman–Crippen MR) is 81.0 cm³/mol. The van der Waals surface area contributed by atoms with Gasteiger partial charge in [0.15, 0.2) is 0 Å². The number of rotatable bonds is 7. The van der Waals surface area contributed by atoms with E-state index in [1.165, 1.54) is 0 Å². The molecule has 0 unspecified atom stereocenters. The zero-order valence-corrected chi connectivity index (χ0v) is 12.0. The Kier molecular flexibility index (Phi) is 5.60. The molecule has 112 valence electrons. The summed E-state index contributed by atoms with van der Waals surface area (Å²) in [5.74, 6) is -2.91. The van der Waals surface area contributed by atoms with E-state index in [4.69, 9.17) is 4.74 Å². The van der Waals surface area contributed by atoms with E-state index in [0.717, 1.165) is 11.1 Å². The number of ether oxygens (including phenoxy) is 1. The van der Waals surface area contributed by atoms with Crippen LogP contribution in [0, 0.1) is 0 Å². The molecule has 0 spiro atoms. The first-order valence-electron chi connectivity index (χ1n) is 6.99. The summed E-state index contributed by atoms with van der Waals surface area (Å²) in [5.41, 5.74) is 1.71. The fourth-order valence-corrected chi connectivity index (χ4v) is 1.92. The van der Waals surface area contributed by atoms with Gasteiger partial charge in [-0.1, -0.05) is 60.7 Å². The highest BCUT2D eigenvalue weighted by atomic mass is 16.5. The maximum absolute atomic E-state index is 11.7. The van der Waals surface area contributed by atoms with Crippen LogP contribution in [0.1, 0.15) is 17.5 Å². The smallest absolute Gasteiger partial charge is 0.383 e. The molecule has 2 aromatic carbocycles. The van der Waals surface area contributed by atoms with E-state index in [-0.39, 0.29) is 13.0 Å². The lowest BCUT2D eigenvalue weighted by molar-refractivity contribution is -0.157. The Hall–Kier alpha value is -2.75. The van der Waals surface area contributed by atoms with Gasteiger partial charge in [0.05, 0.1) is 0 Å². The molecule has 4 heteroatoms. The van der Waals surface area contributed by atoms with Crippen molar-refractivity contribution >= 4 is 17.5 Å². The highest BCUT2D eigenvalue weighted by Crippen LogP contribution is 2.05. The van der Waals surface area contributed by atoms with Crippen LogP contribution in [0.3, 0.4) is 0 Å². The Labute approximate surface area is 128 Å². The van der Waals surface area contributed by atoms with E-state index in [9.17, 15) is 14.4 Å². The molecule has 0 fully saturated rings. The van der Waals surface area contributed by atoms with E-state index < -0.39 is 17.5 Å². The van der Waals surface area contributed by atoms with Crippen molar-refractivity contribution in [1.29, 1.82) is 0 Å². The van der Waals surface area contributed by atoms with Crippen molar-refractivity contribution in [1.82, 2.24) is 0 Å². The third kappa shape index (κ3) is 4.66. The molecule has 0 aliphatic heterocycles. The molecule has 4 nitrogen and oxygen atoms in total. The van der Waals surface area contributed by atoms with Gasteiger partial charge in [0, 0.05) is 6.42 Å². The van der Waals surface area contributed by atoms with E-state index >= 15 is 0 Å². The molecule has 0 N–H and O–H groups in total. The zero-order valence-electron chi connectivity index (χ0n) is 12.0. The fourth-order valence-electron chi connectivity index (χ4n) is 1.92. The van der Waals surface area contributed by atoms with Crippen molar-refractivity contribution < 1.29 is 19.1 Å². The third-order valence-electron chi connectivity index (χ3n) is 3.13. The lowest BCUT2D eigenvalue weighted by Crippen LogP contribution is -2.26. The van der Waals surface area contributed by atoms with Gasteiger partial charge in [-0.25, -0.2) is 4.79 Å². The summed E-state index contributed by atoms with van der Waals surface area (Å²) >= 11 is 0. The van der Waals surface area contributed by atoms with E-state index in [1.807, 2.05) is 36.4 Å². The predicted octanol–water partition coefficient (Wildman–Crippen LogP) is 2.50. The summed E-state index contributed by atoms with van der Waals surface area (Å²) in [5, 5.41) is 0. The first-order chi connectivity index (χ1) is 10.7. The highest BCUT2D eigenvalue weighted by Gasteiger charge is 2.23. The first kappa shape index (κ1) is 15.6. The van der Waals surface area contributed by atoms with Gasteiger partial charge in [-0.15, -0.1) is 0 Å².